The summed E-state index contributed by atoms with van der Waals surface area (Å²) in [6.07, 6.45) is 0. The second-order valence-corrected chi connectivity index (χ2v) is 12.3. The summed E-state index contributed by atoms with van der Waals surface area (Å²) in [5.41, 5.74) is 9.04. The molecule has 6 aromatic carbocycles. The summed E-state index contributed by atoms with van der Waals surface area (Å²) in [7, 11) is 0. The second-order valence-electron chi connectivity index (χ2n) is 12.3. The Hall–Kier alpha value is -5.02. The number of benzene rings is 6. The number of para-hydroxylation sites is 2. The fourth-order valence-corrected chi connectivity index (χ4v) is 6.44. The van der Waals surface area contributed by atoms with Crippen molar-refractivity contribution in [2.24, 2.45) is 0 Å². The van der Waals surface area contributed by atoms with E-state index in [1.54, 1.807) is 0 Å². The van der Waals surface area contributed by atoms with Crippen molar-refractivity contribution in [3.8, 4) is 0 Å². The number of nitrogens with zero attached hydrogens (tertiary/aromatic N) is 1. The SMILES string of the molecule is Cc1cccc(N(c2ccc3c(c2)oc2ccc4ccccc4c23)c2cccc3c2oc2c(C(C)(C)C)cccc23)c1. The lowest BCUT2D eigenvalue weighted by molar-refractivity contribution is 0.573. The first kappa shape index (κ1) is 24.8. The van der Waals surface area contributed by atoms with Crippen LogP contribution in [0.4, 0.5) is 17.1 Å². The Morgan fingerprint density at radius 1 is 0.548 bits per heavy atom. The second kappa shape index (κ2) is 8.99. The van der Waals surface area contributed by atoms with Crippen molar-refractivity contribution in [3.05, 3.63) is 126 Å². The number of anilines is 3. The van der Waals surface area contributed by atoms with Crippen molar-refractivity contribution in [3.63, 3.8) is 0 Å². The van der Waals surface area contributed by atoms with Gasteiger partial charge in [-0.2, -0.15) is 0 Å². The molecule has 0 aliphatic rings. The average molecular weight is 546 g/mol. The van der Waals surface area contributed by atoms with Gasteiger partial charge in [-0.25, -0.2) is 0 Å². The normalized spacial score (nSPS) is 12.3. The van der Waals surface area contributed by atoms with Gasteiger partial charge in [0.25, 0.3) is 0 Å². The molecule has 0 amide bonds. The van der Waals surface area contributed by atoms with E-state index in [9.17, 15) is 0 Å². The molecule has 0 saturated heterocycles. The third kappa shape index (κ3) is 3.74. The van der Waals surface area contributed by atoms with E-state index in [1.807, 2.05) is 0 Å². The molecule has 0 N–H and O–H groups in total. The fourth-order valence-electron chi connectivity index (χ4n) is 6.44. The monoisotopic (exact) mass is 545 g/mol. The molecule has 8 rings (SSSR count). The van der Waals surface area contributed by atoms with E-state index in [-0.39, 0.29) is 5.41 Å². The molecule has 0 bridgehead atoms. The van der Waals surface area contributed by atoms with E-state index in [0.717, 1.165) is 60.9 Å². The fraction of sp³-hybridized carbons (Fsp3) is 0.128. The molecule has 8 aromatic rings. The molecule has 2 heterocycles. The van der Waals surface area contributed by atoms with E-state index >= 15 is 0 Å². The first-order valence-corrected chi connectivity index (χ1v) is 14.5. The lowest BCUT2D eigenvalue weighted by atomic mass is 9.86. The first-order valence-electron chi connectivity index (χ1n) is 14.5. The summed E-state index contributed by atoms with van der Waals surface area (Å²) in [4.78, 5) is 2.29. The maximum Gasteiger partial charge on any atom is 0.159 e. The van der Waals surface area contributed by atoms with Gasteiger partial charge >= 0.3 is 0 Å². The Balaban J connectivity index is 1.40. The van der Waals surface area contributed by atoms with Crippen LogP contribution < -0.4 is 4.90 Å². The van der Waals surface area contributed by atoms with Crippen LogP contribution in [0, 0.1) is 6.92 Å². The average Bonchev–Trinajstić information content (AvgIpc) is 3.55. The smallest absolute Gasteiger partial charge is 0.159 e. The molecule has 2 aromatic heterocycles. The van der Waals surface area contributed by atoms with Crippen molar-refractivity contribution >= 4 is 71.7 Å². The van der Waals surface area contributed by atoms with E-state index in [1.165, 1.54) is 21.9 Å². The van der Waals surface area contributed by atoms with Gasteiger partial charge in [-0.3, -0.25) is 0 Å². The zero-order valence-electron chi connectivity index (χ0n) is 24.2. The van der Waals surface area contributed by atoms with Crippen LogP contribution in [0.1, 0.15) is 31.9 Å². The summed E-state index contributed by atoms with van der Waals surface area (Å²) >= 11 is 0. The topological polar surface area (TPSA) is 29.5 Å². The molecule has 3 nitrogen and oxygen atoms in total. The molecule has 3 heteroatoms. The highest BCUT2D eigenvalue weighted by Crippen LogP contribution is 2.45. The first-order chi connectivity index (χ1) is 20.4. The van der Waals surface area contributed by atoms with E-state index in [2.05, 4.69) is 148 Å². The van der Waals surface area contributed by atoms with Crippen molar-refractivity contribution in [1.29, 1.82) is 0 Å². The Morgan fingerprint density at radius 2 is 1.29 bits per heavy atom. The minimum Gasteiger partial charge on any atom is -0.456 e. The summed E-state index contributed by atoms with van der Waals surface area (Å²) in [6, 6.07) is 40.8. The predicted octanol–water partition coefficient (Wildman–Crippen LogP) is 11.7. The molecular weight excluding hydrogens is 514 g/mol. The van der Waals surface area contributed by atoms with E-state index in [4.69, 9.17) is 8.83 Å². The zero-order valence-corrected chi connectivity index (χ0v) is 24.2. The highest BCUT2D eigenvalue weighted by atomic mass is 16.3. The quantitative estimate of drug-likeness (QED) is 0.221. The van der Waals surface area contributed by atoms with Crippen molar-refractivity contribution < 1.29 is 8.83 Å². The summed E-state index contributed by atoms with van der Waals surface area (Å²) in [5, 5.41) is 6.95. The van der Waals surface area contributed by atoms with Gasteiger partial charge < -0.3 is 13.7 Å². The minimum absolute atomic E-state index is 0.0414. The molecule has 204 valence electrons. The molecule has 0 saturated carbocycles. The number of fused-ring (bicyclic) bond motifs is 8. The molecule has 0 fully saturated rings. The molecule has 0 radical (unpaired) electrons. The van der Waals surface area contributed by atoms with Crippen LogP contribution in [-0.4, -0.2) is 0 Å². The Morgan fingerprint density at radius 3 is 2.12 bits per heavy atom. The van der Waals surface area contributed by atoms with Crippen LogP contribution in [-0.2, 0) is 5.41 Å². The standard InChI is InChI=1S/C39H31NO2/c1-24-10-7-12-26(22-24)40(33-17-9-15-30-29-14-8-16-32(39(2,3)4)37(29)42-38(30)33)27-19-20-31-35(23-27)41-34-21-18-25-11-5-6-13-28(25)36(31)34/h5-23H,1-4H3. The molecule has 42 heavy (non-hydrogen) atoms. The van der Waals surface area contributed by atoms with Gasteiger partial charge in [0.2, 0.25) is 0 Å². The highest BCUT2D eigenvalue weighted by molar-refractivity contribution is 6.19. The van der Waals surface area contributed by atoms with Crippen LogP contribution in [0.2, 0.25) is 0 Å². The van der Waals surface area contributed by atoms with Crippen LogP contribution >= 0.6 is 0 Å². The Labute approximate surface area is 244 Å². The van der Waals surface area contributed by atoms with Gasteiger partial charge in [0.05, 0.1) is 11.4 Å². The van der Waals surface area contributed by atoms with Gasteiger partial charge in [-0.05, 0) is 65.1 Å². The largest absolute Gasteiger partial charge is 0.456 e. The van der Waals surface area contributed by atoms with Crippen molar-refractivity contribution in [1.82, 2.24) is 0 Å². The maximum absolute atomic E-state index is 6.81. The van der Waals surface area contributed by atoms with Gasteiger partial charge in [0.1, 0.15) is 16.7 Å². The lowest BCUT2D eigenvalue weighted by Gasteiger charge is -2.25. The van der Waals surface area contributed by atoms with Crippen molar-refractivity contribution in [2.75, 3.05) is 4.90 Å². The summed E-state index contributed by atoms with van der Waals surface area (Å²) in [6.45, 7) is 8.84. The molecule has 0 spiro atoms. The molecule has 0 atom stereocenters. The van der Waals surface area contributed by atoms with Gasteiger partial charge in [0, 0.05) is 38.9 Å². The van der Waals surface area contributed by atoms with Crippen LogP contribution in [0.5, 0.6) is 0 Å². The summed E-state index contributed by atoms with van der Waals surface area (Å²) in [5.74, 6) is 0. The number of furan rings is 2. The molecule has 0 aliphatic heterocycles. The third-order valence-corrected chi connectivity index (χ3v) is 8.42. The number of hydrogen-bond acceptors (Lipinski definition) is 3. The lowest BCUT2D eigenvalue weighted by Crippen LogP contribution is -2.11. The Kier molecular flexibility index (Phi) is 5.30. The zero-order chi connectivity index (χ0) is 28.6. The van der Waals surface area contributed by atoms with Crippen LogP contribution in [0.3, 0.4) is 0 Å². The van der Waals surface area contributed by atoms with Gasteiger partial charge in [-0.15, -0.1) is 0 Å². The predicted molar refractivity (Wildman–Crippen MR) is 177 cm³/mol. The Bertz CT molecular complexity index is 2310. The van der Waals surface area contributed by atoms with E-state index in [0.29, 0.717) is 0 Å². The molecule has 0 aliphatic carbocycles. The highest BCUT2D eigenvalue weighted by Gasteiger charge is 2.24. The molecule has 0 unspecified atom stereocenters. The number of hydrogen-bond donors (Lipinski definition) is 0. The third-order valence-electron chi connectivity index (χ3n) is 8.42. The number of rotatable bonds is 3. The minimum atomic E-state index is -0.0414. The van der Waals surface area contributed by atoms with Crippen molar-refractivity contribution in [2.45, 2.75) is 33.1 Å². The van der Waals surface area contributed by atoms with Gasteiger partial charge in [0.15, 0.2) is 5.58 Å². The summed E-state index contributed by atoms with van der Waals surface area (Å²) < 4.78 is 13.3. The van der Waals surface area contributed by atoms with Crippen LogP contribution in [0.25, 0.3) is 54.6 Å². The molecular formula is C39H31NO2. The van der Waals surface area contributed by atoms with Crippen LogP contribution in [0.15, 0.2) is 124 Å². The van der Waals surface area contributed by atoms with Gasteiger partial charge in [-0.1, -0.05) is 93.6 Å². The van der Waals surface area contributed by atoms with E-state index < -0.39 is 0 Å². The maximum atomic E-state index is 6.81. The number of aryl methyl sites for hydroxylation is 1.